The second-order valence-corrected chi connectivity index (χ2v) is 7.26. The maximum absolute atomic E-state index is 12.2. The molecule has 1 aliphatic carbocycles. The lowest BCUT2D eigenvalue weighted by atomic mass is 9.89. The molecule has 0 radical (unpaired) electrons. The molecule has 0 heterocycles. The number of hydrogen-bond acceptors (Lipinski definition) is 3. The molecule has 0 aromatic heterocycles. The molecule has 24 heavy (non-hydrogen) atoms. The molecule has 132 valence electrons. The molecule has 1 fully saturated rings. The molecule has 2 rings (SSSR count). The average Bonchev–Trinajstić information content (AvgIpc) is 3.33. The van der Waals surface area contributed by atoms with Crippen LogP contribution in [0.15, 0.2) is 24.3 Å². The van der Waals surface area contributed by atoms with Crippen molar-refractivity contribution in [1.82, 2.24) is 4.90 Å². The van der Waals surface area contributed by atoms with Crippen LogP contribution in [0.5, 0.6) is 0 Å². The lowest BCUT2D eigenvalue weighted by Crippen LogP contribution is -2.38. The lowest BCUT2D eigenvalue weighted by molar-refractivity contribution is -0.117. The van der Waals surface area contributed by atoms with E-state index in [-0.39, 0.29) is 29.9 Å². The first-order valence-electron chi connectivity index (χ1n) is 8.35. The van der Waals surface area contributed by atoms with Crippen LogP contribution in [-0.2, 0) is 4.79 Å². The third-order valence-electron chi connectivity index (χ3n) is 4.15. The average molecular weight is 333 g/mol. The number of urea groups is 1. The van der Waals surface area contributed by atoms with Crippen LogP contribution in [0.4, 0.5) is 16.2 Å². The van der Waals surface area contributed by atoms with Gasteiger partial charge in [-0.2, -0.15) is 0 Å². The van der Waals surface area contributed by atoms with Crippen LogP contribution >= 0.6 is 0 Å². The Morgan fingerprint density at radius 1 is 1.17 bits per heavy atom. The number of nitrogens with one attached hydrogen (secondary N) is 2. The number of carbonyl (C=O) groups excluding carboxylic acids is 2. The molecule has 3 amide bonds. The van der Waals surface area contributed by atoms with E-state index in [1.54, 1.807) is 36.2 Å². The molecule has 0 spiro atoms. The molecule has 1 aliphatic rings. The van der Waals surface area contributed by atoms with Crippen LogP contribution in [0.25, 0.3) is 0 Å². The van der Waals surface area contributed by atoms with Gasteiger partial charge in [-0.25, -0.2) is 4.79 Å². The molecule has 3 N–H and O–H groups in total. The van der Waals surface area contributed by atoms with Crippen LogP contribution < -0.4 is 10.6 Å². The van der Waals surface area contributed by atoms with Gasteiger partial charge < -0.3 is 20.6 Å². The maximum Gasteiger partial charge on any atom is 0.321 e. The van der Waals surface area contributed by atoms with Gasteiger partial charge in [-0.1, -0.05) is 13.8 Å². The molecule has 0 atom stereocenters. The predicted octanol–water partition coefficient (Wildman–Crippen LogP) is 2.91. The molecule has 1 aromatic carbocycles. The fourth-order valence-corrected chi connectivity index (χ4v) is 2.54. The van der Waals surface area contributed by atoms with Gasteiger partial charge in [0.25, 0.3) is 0 Å². The van der Waals surface area contributed by atoms with E-state index in [0.717, 1.165) is 18.5 Å². The highest BCUT2D eigenvalue weighted by molar-refractivity contribution is 5.94. The minimum Gasteiger partial charge on any atom is -0.396 e. The van der Waals surface area contributed by atoms with E-state index in [1.807, 2.05) is 13.8 Å². The molecule has 6 heteroatoms. The minimum atomic E-state index is -0.198. The molecular weight excluding hydrogens is 306 g/mol. The number of anilines is 2. The zero-order chi connectivity index (χ0) is 17.7. The minimum absolute atomic E-state index is 0.0673. The molecule has 1 aromatic rings. The highest BCUT2D eigenvalue weighted by atomic mass is 16.3. The number of aliphatic hydroxyl groups excluding tert-OH is 1. The van der Waals surface area contributed by atoms with Gasteiger partial charge in [0.15, 0.2) is 0 Å². The monoisotopic (exact) mass is 333 g/mol. The third kappa shape index (κ3) is 5.53. The largest absolute Gasteiger partial charge is 0.396 e. The standard InChI is InChI=1S/C18H27N3O3/c1-18(2,10-11-22)12-21(3)17(24)20-15-8-6-14(7-9-15)19-16(23)13-4-5-13/h6-9,13,22H,4-5,10-12H2,1-3H3,(H,19,23)(H,20,24). The van der Waals surface area contributed by atoms with Crippen molar-refractivity contribution in [2.75, 3.05) is 30.8 Å². The number of aliphatic hydroxyl groups is 1. The van der Waals surface area contributed by atoms with Gasteiger partial charge in [-0.3, -0.25) is 4.79 Å². The van der Waals surface area contributed by atoms with Crippen LogP contribution in [0.3, 0.4) is 0 Å². The molecule has 6 nitrogen and oxygen atoms in total. The third-order valence-corrected chi connectivity index (χ3v) is 4.15. The quantitative estimate of drug-likeness (QED) is 0.717. The summed E-state index contributed by atoms with van der Waals surface area (Å²) in [5.41, 5.74) is 1.27. The molecule has 1 saturated carbocycles. The summed E-state index contributed by atoms with van der Waals surface area (Å²) in [6, 6.07) is 6.91. The molecule has 0 saturated heterocycles. The van der Waals surface area contributed by atoms with Gasteiger partial charge in [-0.15, -0.1) is 0 Å². The van der Waals surface area contributed by atoms with Crippen molar-refractivity contribution >= 4 is 23.3 Å². The van der Waals surface area contributed by atoms with Crippen molar-refractivity contribution in [2.24, 2.45) is 11.3 Å². The number of rotatable bonds is 7. The van der Waals surface area contributed by atoms with Crippen LogP contribution in [0.2, 0.25) is 0 Å². The number of benzene rings is 1. The summed E-state index contributed by atoms with van der Waals surface area (Å²) in [6.07, 6.45) is 2.58. The van der Waals surface area contributed by atoms with Gasteiger partial charge in [0.1, 0.15) is 0 Å². The topological polar surface area (TPSA) is 81.7 Å². The number of carbonyl (C=O) groups is 2. The van der Waals surface area contributed by atoms with Crippen LogP contribution in [-0.4, -0.2) is 42.1 Å². The molecule has 0 bridgehead atoms. The summed E-state index contributed by atoms with van der Waals surface area (Å²) in [5.74, 6) is 0.234. The Kier molecular flexibility index (Phi) is 5.83. The normalized spacial score (nSPS) is 14.2. The number of hydrogen-bond donors (Lipinski definition) is 3. The van der Waals surface area contributed by atoms with Crippen molar-refractivity contribution in [2.45, 2.75) is 33.1 Å². The Morgan fingerprint density at radius 3 is 2.21 bits per heavy atom. The van der Waals surface area contributed by atoms with E-state index < -0.39 is 0 Å². The highest BCUT2D eigenvalue weighted by Gasteiger charge is 2.29. The van der Waals surface area contributed by atoms with Gasteiger partial charge in [0.05, 0.1) is 0 Å². The highest BCUT2D eigenvalue weighted by Crippen LogP contribution is 2.30. The summed E-state index contributed by atoms with van der Waals surface area (Å²) in [4.78, 5) is 25.6. The van der Waals surface area contributed by atoms with E-state index in [4.69, 9.17) is 5.11 Å². The van der Waals surface area contributed by atoms with E-state index in [9.17, 15) is 9.59 Å². The molecule has 0 aliphatic heterocycles. The van der Waals surface area contributed by atoms with Gasteiger partial charge >= 0.3 is 6.03 Å². The smallest absolute Gasteiger partial charge is 0.321 e. The zero-order valence-electron chi connectivity index (χ0n) is 14.6. The Bertz CT molecular complexity index is 580. The number of nitrogens with zero attached hydrogens (tertiary/aromatic N) is 1. The SMILES string of the molecule is CN(CC(C)(C)CCO)C(=O)Nc1ccc(NC(=O)C2CC2)cc1. The summed E-state index contributed by atoms with van der Waals surface area (Å²) in [6.45, 7) is 4.69. The lowest BCUT2D eigenvalue weighted by Gasteiger charge is -2.29. The molecule has 0 unspecified atom stereocenters. The summed E-state index contributed by atoms with van der Waals surface area (Å²) in [7, 11) is 1.73. The predicted molar refractivity (Wildman–Crippen MR) is 94.9 cm³/mol. The van der Waals surface area contributed by atoms with Crippen molar-refractivity contribution in [3.8, 4) is 0 Å². The molecular formula is C18H27N3O3. The first-order valence-corrected chi connectivity index (χ1v) is 8.35. The zero-order valence-corrected chi connectivity index (χ0v) is 14.6. The van der Waals surface area contributed by atoms with E-state index >= 15 is 0 Å². The summed E-state index contributed by atoms with van der Waals surface area (Å²) >= 11 is 0. The fourth-order valence-electron chi connectivity index (χ4n) is 2.54. The van der Waals surface area contributed by atoms with Gasteiger partial charge in [0.2, 0.25) is 5.91 Å². The Balaban J connectivity index is 1.85. The first kappa shape index (κ1) is 18.3. The van der Waals surface area contributed by atoms with Crippen LogP contribution in [0.1, 0.15) is 33.1 Å². The van der Waals surface area contributed by atoms with Crippen molar-refractivity contribution in [3.63, 3.8) is 0 Å². The van der Waals surface area contributed by atoms with Crippen molar-refractivity contribution < 1.29 is 14.7 Å². The van der Waals surface area contributed by atoms with Gasteiger partial charge in [-0.05, 0) is 48.9 Å². The Morgan fingerprint density at radius 2 is 1.71 bits per heavy atom. The number of amides is 3. The van der Waals surface area contributed by atoms with Crippen molar-refractivity contribution in [3.05, 3.63) is 24.3 Å². The van der Waals surface area contributed by atoms with E-state index in [1.165, 1.54) is 0 Å². The fraction of sp³-hybridized carbons (Fsp3) is 0.556. The van der Waals surface area contributed by atoms with E-state index in [2.05, 4.69) is 10.6 Å². The van der Waals surface area contributed by atoms with E-state index in [0.29, 0.717) is 18.7 Å². The summed E-state index contributed by atoms with van der Waals surface area (Å²) < 4.78 is 0. The first-order chi connectivity index (χ1) is 11.3. The maximum atomic E-state index is 12.2. The summed E-state index contributed by atoms with van der Waals surface area (Å²) in [5, 5.41) is 14.8. The second-order valence-electron chi connectivity index (χ2n) is 7.26. The van der Waals surface area contributed by atoms with Gasteiger partial charge in [0, 0.05) is 37.5 Å². The Hall–Kier alpha value is -2.08. The van der Waals surface area contributed by atoms with Crippen molar-refractivity contribution in [1.29, 1.82) is 0 Å². The second kappa shape index (κ2) is 7.66. The Labute approximate surface area is 143 Å². The van der Waals surface area contributed by atoms with Crippen LogP contribution in [0, 0.1) is 11.3 Å².